The Hall–Kier alpha value is -1.24. The predicted molar refractivity (Wildman–Crippen MR) is 102 cm³/mol. The Labute approximate surface area is 153 Å². The Morgan fingerprint density at radius 1 is 1.21 bits per heavy atom. The van der Waals surface area contributed by atoms with Crippen molar-refractivity contribution in [1.82, 2.24) is 0 Å². The average molecular weight is 363 g/mol. The van der Waals surface area contributed by atoms with Crippen molar-refractivity contribution in [3.63, 3.8) is 0 Å². The van der Waals surface area contributed by atoms with Gasteiger partial charge in [0, 0.05) is 29.0 Å². The molecule has 0 radical (unpaired) electrons. The summed E-state index contributed by atoms with van der Waals surface area (Å²) >= 11 is 7.26. The molecule has 1 aromatic carbocycles. The number of halogens is 1. The molecule has 2 rings (SSSR count). The molecule has 0 N–H and O–H groups in total. The molecule has 1 aliphatic rings. The third kappa shape index (κ3) is 4.23. The van der Waals surface area contributed by atoms with E-state index in [1.165, 1.54) is 0 Å². The van der Waals surface area contributed by atoms with Gasteiger partial charge in [0.25, 0.3) is 0 Å². The molecule has 1 aromatic rings. The second-order valence-corrected chi connectivity index (χ2v) is 8.13. The summed E-state index contributed by atoms with van der Waals surface area (Å²) in [6.45, 7) is 6.02. The van der Waals surface area contributed by atoms with Crippen LogP contribution in [0.1, 0.15) is 54.4 Å². The van der Waals surface area contributed by atoms with Crippen LogP contribution in [0.3, 0.4) is 0 Å². The fourth-order valence-electron chi connectivity index (χ4n) is 3.67. The number of carbonyl (C=O) groups excluding carboxylic acids is 2. The quantitative estimate of drug-likeness (QED) is 0.578. The van der Waals surface area contributed by atoms with Crippen molar-refractivity contribution in [3.05, 3.63) is 34.4 Å². The fourth-order valence-corrected chi connectivity index (χ4v) is 4.24. The number of carbonyl (C=O) groups is 2. The summed E-state index contributed by atoms with van der Waals surface area (Å²) in [4.78, 5) is 25.4. The molecule has 0 amide bonds. The molecule has 128 valence electrons. The Bertz CT molecular complexity index is 673. The average Bonchev–Trinajstić information content (AvgIpc) is 2.49. The third-order valence-electron chi connectivity index (χ3n) is 4.77. The summed E-state index contributed by atoms with van der Waals surface area (Å²) in [6.07, 6.45) is 4.00. The zero-order valence-electron chi connectivity index (χ0n) is 14.6. The van der Waals surface area contributed by atoms with Crippen LogP contribution in [-0.2, 0) is 9.59 Å². The van der Waals surface area contributed by atoms with E-state index >= 15 is 0 Å². The first-order valence-corrected chi connectivity index (χ1v) is 9.85. The van der Waals surface area contributed by atoms with Crippen molar-refractivity contribution in [1.29, 1.82) is 0 Å². The first-order chi connectivity index (χ1) is 11.4. The van der Waals surface area contributed by atoms with Crippen LogP contribution in [-0.4, -0.2) is 23.1 Å². The van der Waals surface area contributed by atoms with E-state index in [-0.39, 0.29) is 17.5 Å². The molecular formula is C20H23ClO2S. The maximum absolute atomic E-state index is 12.7. The van der Waals surface area contributed by atoms with Gasteiger partial charge in [-0.05, 0) is 78.8 Å². The van der Waals surface area contributed by atoms with Crippen molar-refractivity contribution in [2.24, 2.45) is 5.92 Å². The van der Waals surface area contributed by atoms with Gasteiger partial charge in [0.05, 0.1) is 0 Å². The van der Waals surface area contributed by atoms with E-state index in [1.54, 1.807) is 11.8 Å². The van der Waals surface area contributed by atoms with Crippen LogP contribution in [0.4, 0.5) is 0 Å². The van der Waals surface area contributed by atoms with E-state index in [1.807, 2.05) is 26.0 Å². The number of rotatable bonds is 4. The van der Waals surface area contributed by atoms with E-state index in [4.69, 9.17) is 11.6 Å². The monoisotopic (exact) mass is 362 g/mol. The highest BCUT2D eigenvalue weighted by molar-refractivity contribution is 7.99. The second kappa shape index (κ2) is 8.23. The highest BCUT2D eigenvalue weighted by atomic mass is 35.5. The van der Waals surface area contributed by atoms with Crippen molar-refractivity contribution >= 4 is 34.9 Å². The van der Waals surface area contributed by atoms with Gasteiger partial charge in [0.2, 0.25) is 0 Å². The summed E-state index contributed by atoms with van der Waals surface area (Å²) in [5.74, 6) is 2.52. The van der Waals surface area contributed by atoms with Crippen LogP contribution in [0.25, 0.3) is 0 Å². The summed E-state index contributed by atoms with van der Waals surface area (Å²) in [6, 6.07) is 3.81. The lowest BCUT2D eigenvalue weighted by Gasteiger charge is -2.29. The first-order valence-electron chi connectivity index (χ1n) is 8.18. The van der Waals surface area contributed by atoms with Crippen LogP contribution in [0, 0.1) is 31.1 Å². The van der Waals surface area contributed by atoms with E-state index in [0.29, 0.717) is 18.1 Å². The lowest BCUT2D eigenvalue weighted by Crippen LogP contribution is -2.33. The molecule has 1 fully saturated rings. The summed E-state index contributed by atoms with van der Waals surface area (Å²) in [5, 5.41) is 2.85. The van der Waals surface area contributed by atoms with Crippen LogP contribution in [0.15, 0.2) is 12.1 Å². The van der Waals surface area contributed by atoms with Gasteiger partial charge in [-0.1, -0.05) is 6.92 Å². The van der Waals surface area contributed by atoms with Gasteiger partial charge in [0.15, 0.2) is 0 Å². The standard InChI is InChI=1S/C20H23ClO2S/c1-12-7-15(5-6-21)8-13(2)19(12)20-17(22)10-16(11-18(20)23)9-14(3)24-4/h7-8,14,16,20H,9-11H2,1-4H3. The molecule has 1 unspecified atom stereocenters. The molecule has 4 heteroatoms. The molecule has 1 saturated carbocycles. The highest BCUT2D eigenvalue weighted by Gasteiger charge is 2.38. The number of thioether (sulfide) groups is 1. The molecule has 1 aliphatic carbocycles. The minimum Gasteiger partial charge on any atom is -0.299 e. The van der Waals surface area contributed by atoms with Gasteiger partial charge in [-0.25, -0.2) is 0 Å². The maximum atomic E-state index is 12.7. The largest absolute Gasteiger partial charge is 0.299 e. The van der Waals surface area contributed by atoms with Gasteiger partial charge >= 0.3 is 0 Å². The van der Waals surface area contributed by atoms with E-state index in [9.17, 15) is 9.59 Å². The SMILES string of the molecule is CSC(C)CC1CC(=O)C(c2c(C)cc(C#CCl)cc2C)C(=O)C1. The Morgan fingerprint density at radius 3 is 2.21 bits per heavy atom. The van der Waals surface area contributed by atoms with Gasteiger partial charge in [0.1, 0.15) is 17.5 Å². The van der Waals surface area contributed by atoms with Crippen molar-refractivity contribution in [2.45, 2.75) is 51.2 Å². The van der Waals surface area contributed by atoms with Gasteiger partial charge in [-0.3, -0.25) is 9.59 Å². The first kappa shape index (κ1) is 19.1. The molecule has 24 heavy (non-hydrogen) atoms. The lowest BCUT2D eigenvalue weighted by atomic mass is 9.73. The second-order valence-electron chi connectivity index (χ2n) is 6.67. The van der Waals surface area contributed by atoms with E-state index in [2.05, 4.69) is 24.5 Å². The summed E-state index contributed by atoms with van der Waals surface area (Å²) in [7, 11) is 0. The molecule has 0 spiro atoms. The summed E-state index contributed by atoms with van der Waals surface area (Å²) in [5.41, 5.74) is 3.55. The molecule has 0 aromatic heterocycles. The van der Waals surface area contributed by atoms with Gasteiger partial charge in [-0.15, -0.1) is 0 Å². The fraction of sp³-hybridized carbons (Fsp3) is 0.500. The Morgan fingerprint density at radius 2 is 1.75 bits per heavy atom. The molecule has 0 aliphatic heterocycles. The molecule has 1 atom stereocenters. The van der Waals surface area contributed by atoms with Gasteiger partial charge in [-0.2, -0.15) is 11.8 Å². The van der Waals surface area contributed by atoms with Crippen molar-refractivity contribution < 1.29 is 9.59 Å². The van der Waals surface area contributed by atoms with Crippen molar-refractivity contribution in [2.75, 3.05) is 6.26 Å². The Kier molecular flexibility index (Phi) is 6.54. The van der Waals surface area contributed by atoms with Gasteiger partial charge < -0.3 is 0 Å². The zero-order chi connectivity index (χ0) is 17.9. The number of aryl methyl sites for hydroxylation is 2. The molecule has 0 heterocycles. The molecule has 0 saturated heterocycles. The Balaban J connectivity index is 2.28. The minimum absolute atomic E-state index is 0.0620. The summed E-state index contributed by atoms with van der Waals surface area (Å²) < 4.78 is 0. The van der Waals surface area contributed by atoms with Crippen LogP contribution < -0.4 is 0 Å². The highest BCUT2D eigenvalue weighted by Crippen LogP contribution is 2.36. The molecule has 0 bridgehead atoms. The predicted octanol–water partition coefficient (Wildman–Crippen LogP) is 4.62. The smallest absolute Gasteiger partial charge is 0.148 e. The van der Waals surface area contributed by atoms with Crippen molar-refractivity contribution in [3.8, 4) is 11.3 Å². The van der Waals surface area contributed by atoms with E-state index < -0.39 is 5.92 Å². The third-order valence-corrected chi connectivity index (χ3v) is 5.86. The molecule has 2 nitrogen and oxygen atoms in total. The number of hydrogen-bond acceptors (Lipinski definition) is 3. The number of hydrogen-bond donors (Lipinski definition) is 0. The topological polar surface area (TPSA) is 34.1 Å². The van der Waals surface area contributed by atoms with Crippen LogP contribution >= 0.6 is 23.4 Å². The number of benzene rings is 1. The van der Waals surface area contributed by atoms with Crippen LogP contribution in [0.5, 0.6) is 0 Å². The maximum Gasteiger partial charge on any atom is 0.148 e. The number of ketones is 2. The van der Waals surface area contributed by atoms with E-state index in [0.717, 1.165) is 28.7 Å². The minimum atomic E-state index is -0.608. The normalized spacial score (nSPS) is 22.0. The lowest BCUT2D eigenvalue weighted by molar-refractivity contribution is -0.133. The number of Topliss-reactive ketones (excluding diaryl/α,β-unsaturated/α-hetero) is 2. The zero-order valence-corrected chi connectivity index (χ0v) is 16.2. The molecular weight excluding hydrogens is 340 g/mol. The van der Waals surface area contributed by atoms with Crippen LogP contribution in [0.2, 0.25) is 0 Å².